The van der Waals surface area contributed by atoms with E-state index >= 15 is 0 Å². The molecule has 0 aliphatic heterocycles. The van der Waals surface area contributed by atoms with E-state index in [0.717, 1.165) is 0 Å². The molecule has 0 bridgehead atoms. The number of carboxylic acids is 1. The Labute approximate surface area is 92.9 Å². The average Bonchev–Trinajstić information content (AvgIpc) is 2.16. The summed E-state index contributed by atoms with van der Waals surface area (Å²) in [5.74, 6) is -1.71. The molecule has 5 heteroatoms. The summed E-state index contributed by atoms with van der Waals surface area (Å²) in [6, 6.07) is 5.74. The lowest BCUT2D eigenvalue weighted by atomic mass is 10.1. The highest BCUT2D eigenvalue weighted by Gasteiger charge is 2.31. The molecule has 0 amide bonds. The first-order chi connectivity index (χ1) is 7.33. The normalized spacial score (nSPS) is 14.2. The van der Waals surface area contributed by atoms with Crippen molar-refractivity contribution in [1.82, 2.24) is 0 Å². The molecule has 88 valence electrons. The lowest BCUT2D eigenvalue weighted by molar-refractivity contribution is -0.155. The smallest absolute Gasteiger partial charge is 0.337 e. The zero-order chi connectivity index (χ0) is 12.3. The zero-order valence-electron chi connectivity index (χ0n) is 9.14. The summed E-state index contributed by atoms with van der Waals surface area (Å²) in [5.41, 5.74) is -1.34. The first kappa shape index (κ1) is 12.4. The van der Waals surface area contributed by atoms with Gasteiger partial charge in [-0.3, -0.25) is 0 Å². The van der Waals surface area contributed by atoms with E-state index in [9.17, 15) is 14.3 Å². The molecule has 1 atom stereocenters. The van der Waals surface area contributed by atoms with Crippen LogP contribution >= 0.6 is 0 Å². The summed E-state index contributed by atoms with van der Waals surface area (Å²) in [6.45, 7) is 1.08. The van der Waals surface area contributed by atoms with E-state index in [1.54, 1.807) is 13.1 Å². The Bertz CT molecular complexity index is 393. The molecule has 1 aromatic carbocycles. The second-order valence-corrected chi connectivity index (χ2v) is 3.91. The molecule has 1 aromatic rings. The minimum Gasteiger partial charge on any atom is -0.479 e. The van der Waals surface area contributed by atoms with Crippen molar-refractivity contribution in [3.8, 4) is 0 Å². The van der Waals surface area contributed by atoms with Crippen molar-refractivity contribution in [3.05, 3.63) is 30.1 Å². The van der Waals surface area contributed by atoms with E-state index in [4.69, 9.17) is 5.11 Å². The molecular weight excluding hydrogens is 213 g/mol. The second kappa shape index (κ2) is 4.49. The van der Waals surface area contributed by atoms with Crippen molar-refractivity contribution in [3.63, 3.8) is 0 Å². The van der Waals surface area contributed by atoms with Crippen LogP contribution in [0, 0.1) is 5.82 Å². The predicted octanol–water partition coefficient (Wildman–Crippen LogP) is 1.10. The van der Waals surface area contributed by atoms with E-state index < -0.39 is 17.4 Å². The average molecular weight is 227 g/mol. The number of rotatable bonds is 4. The van der Waals surface area contributed by atoms with E-state index in [0.29, 0.717) is 5.69 Å². The highest BCUT2D eigenvalue weighted by atomic mass is 19.1. The topological polar surface area (TPSA) is 60.8 Å². The van der Waals surface area contributed by atoms with Crippen LogP contribution in [0.3, 0.4) is 0 Å². The van der Waals surface area contributed by atoms with Gasteiger partial charge in [-0.15, -0.1) is 0 Å². The molecule has 16 heavy (non-hydrogen) atoms. The predicted molar refractivity (Wildman–Crippen MR) is 57.9 cm³/mol. The van der Waals surface area contributed by atoms with Gasteiger partial charge in [-0.1, -0.05) is 6.07 Å². The van der Waals surface area contributed by atoms with E-state index in [1.807, 2.05) is 0 Å². The van der Waals surface area contributed by atoms with Gasteiger partial charge in [-0.25, -0.2) is 9.18 Å². The van der Waals surface area contributed by atoms with E-state index in [1.165, 1.54) is 30.0 Å². The number of likely N-dealkylation sites (N-methyl/N-ethyl adjacent to an activating group) is 1. The van der Waals surface area contributed by atoms with Gasteiger partial charge in [0, 0.05) is 12.7 Å². The first-order valence-corrected chi connectivity index (χ1v) is 4.75. The Hall–Kier alpha value is -1.62. The monoisotopic (exact) mass is 227 g/mol. The zero-order valence-corrected chi connectivity index (χ0v) is 9.14. The van der Waals surface area contributed by atoms with Crippen LogP contribution in [0.2, 0.25) is 0 Å². The number of carboxylic acid groups (broad SMARTS) is 1. The Balaban J connectivity index is 2.80. The maximum Gasteiger partial charge on any atom is 0.337 e. The van der Waals surface area contributed by atoms with Crippen molar-refractivity contribution in [2.24, 2.45) is 0 Å². The van der Waals surface area contributed by atoms with E-state index in [-0.39, 0.29) is 6.54 Å². The molecule has 0 radical (unpaired) electrons. The van der Waals surface area contributed by atoms with Crippen LogP contribution in [0.25, 0.3) is 0 Å². The number of hydrogen-bond acceptors (Lipinski definition) is 3. The number of carbonyl (C=O) groups is 1. The van der Waals surface area contributed by atoms with Gasteiger partial charge in [0.1, 0.15) is 5.82 Å². The maximum atomic E-state index is 12.9. The molecule has 0 saturated carbocycles. The summed E-state index contributed by atoms with van der Waals surface area (Å²) < 4.78 is 12.9. The molecule has 0 saturated heterocycles. The molecule has 4 nitrogen and oxygen atoms in total. The minimum atomic E-state index is -1.86. The first-order valence-electron chi connectivity index (χ1n) is 4.75. The quantitative estimate of drug-likeness (QED) is 0.808. The standard InChI is InChI=1S/C11H14FNO3/c1-11(16,10(14)15)7-13(2)9-5-3-4-8(12)6-9/h3-6,16H,7H2,1-2H3,(H,14,15). The molecule has 0 spiro atoms. The third-order valence-corrected chi connectivity index (χ3v) is 2.25. The lowest BCUT2D eigenvalue weighted by Gasteiger charge is -2.27. The molecule has 0 aromatic heterocycles. The van der Waals surface area contributed by atoms with Crippen LogP contribution in [-0.2, 0) is 4.79 Å². The van der Waals surface area contributed by atoms with E-state index in [2.05, 4.69) is 0 Å². The molecule has 1 unspecified atom stereocenters. The van der Waals surface area contributed by atoms with Crippen LogP contribution in [0.4, 0.5) is 10.1 Å². The lowest BCUT2D eigenvalue weighted by Crippen LogP contribution is -2.45. The fraction of sp³-hybridized carbons (Fsp3) is 0.364. The van der Waals surface area contributed by atoms with Gasteiger partial charge in [0.15, 0.2) is 5.60 Å². The second-order valence-electron chi connectivity index (χ2n) is 3.91. The molecule has 1 rings (SSSR count). The third kappa shape index (κ3) is 2.93. The van der Waals surface area contributed by atoms with Crippen LogP contribution in [0.15, 0.2) is 24.3 Å². The summed E-state index contributed by atoms with van der Waals surface area (Å²) >= 11 is 0. The van der Waals surface area contributed by atoms with Crippen LogP contribution in [0.5, 0.6) is 0 Å². The molecule has 0 fully saturated rings. The van der Waals surface area contributed by atoms with Crippen molar-refractivity contribution in [2.45, 2.75) is 12.5 Å². The third-order valence-electron chi connectivity index (χ3n) is 2.25. The highest BCUT2D eigenvalue weighted by molar-refractivity contribution is 5.77. The number of benzene rings is 1. The Morgan fingerprint density at radius 3 is 2.69 bits per heavy atom. The van der Waals surface area contributed by atoms with Crippen LogP contribution in [0.1, 0.15) is 6.92 Å². The number of halogens is 1. The van der Waals surface area contributed by atoms with Gasteiger partial charge in [0.2, 0.25) is 0 Å². The van der Waals surface area contributed by atoms with Gasteiger partial charge in [0.25, 0.3) is 0 Å². The van der Waals surface area contributed by atoms with Crippen molar-refractivity contribution >= 4 is 11.7 Å². The van der Waals surface area contributed by atoms with Gasteiger partial charge < -0.3 is 15.1 Å². The van der Waals surface area contributed by atoms with Gasteiger partial charge in [-0.2, -0.15) is 0 Å². The number of aliphatic carboxylic acids is 1. The van der Waals surface area contributed by atoms with Crippen molar-refractivity contribution in [2.75, 3.05) is 18.5 Å². The summed E-state index contributed by atoms with van der Waals surface area (Å²) in [5, 5.41) is 18.3. The molecule has 0 aliphatic rings. The number of anilines is 1. The van der Waals surface area contributed by atoms with Crippen LogP contribution < -0.4 is 4.90 Å². The molecule has 2 N–H and O–H groups in total. The maximum absolute atomic E-state index is 12.9. The minimum absolute atomic E-state index is 0.119. The summed E-state index contributed by atoms with van der Waals surface area (Å²) in [4.78, 5) is 12.2. The van der Waals surface area contributed by atoms with Crippen molar-refractivity contribution < 1.29 is 19.4 Å². The van der Waals surface area contributed by atoms with Crippen molar-refractivity contribution in [1.29, 1.82) is 0 Å². The van der Waals surface area contributed by atoms with Gasteiger partial charge >= 0.3 is 5.97 Å². The number of aliphatic hydroxyl groups is 1. The Morgan fingerprint density at radius 1 is 1.56 bits per heavy atom. The molecular formula is C11H14FNO3. The molecule has 0 heterocycles. The number of hydrogen-bond donors (Lipinski definition) is 2. The van der Waals surface area contributed by atoms with Gasteiger partial charge in [0.05, 0.1) is 6.54 Å². The molecule has 0 aliphatic carbocycles. The Kier molecular flexibility index (Phi) is 3.49. The summed E-state index contributed by atoms with van der Waals surface area (Å²) in [7, 11) is 1.59. The summed E-state index contributed by atoms with van der Waals surface area (Å²) in [6.07, 6.45) is 0. The number of nitrogens with zero attached hydrogens (tertiary/aromatic N) is 1. The van der Waals surface area contributed by atoms with Gasteiger partial charge in [-0.05, 0) is 25.1 Å². The SMILES string of the molecule is CN(CC(C)(O)C(=O)O)c1cccc(F)c1. The highest BCUT2D eigenvalue weighted by Crippen LogP contribution is 2.16. The fourth-order valence-electron chi connectivity index (χ4n) is 1.33. The largest absolute Gasteiger partial charge is 0.479 e. The van der Waals surface area contributed by atoms with Crippen LogP contribution in [-0.4, -0.2) is 35.4 Å². The Morgan fingerprint density at radius 2 is 2.19 bits per heavy atom. The fourth-order valence-corrected chi connectivity index (χ4v) is 1.33.